The maximum atomic E-state index is 11.9. The van der Waals surface area contributed by atoms with Crippen LogP contribution in [0.2, 0.25) is 0 Å². The van der Waals surface area contributed by atoms with Gasteiger partial charge in [0.15, 0.2) is 0 Å². The molecule has 0 heterocycles. The van der Waals surface area contributed by atoms with Gasteiger partial charge in [-0.25, -0.2) is 4.79 Å². The van der Waals surface area contributed by atoms with Crippen LogP contribution in [0.3, 0.4) is 0 Å². The maximum Gasteiger partial charge on any atom is 0.343 e. The van der Waals surface area contributed by atoms with E-state index in [-0.39, 0.29) is 0 Å². The Kier molecular flexibility index (Phi) is 9.09. The minimum Gasteiger partial charge on any atom is -0.423 e. The van der Waals surface area contributed by atoms with Crippen molar-refractivity contribution in [1.82, 2.24) is 0 Å². The van der Waals surface area contributed by atoms with Gasteiger partial charge in [-0.1, -0.05) is 62.8 Å². The van der Waals surface area contributed by atoms with Gasteiger partial charge < -0.3 is 4.74 Å². The van der Waals surface area contributed by atoms with E-state index in [4.69, 9.17) is 4.74 Å². The molecule has 19 heavy (non-hydrogen) atoms. The van der Waals surface area contributed by atoms with Gasteiger partial charge in [-0.15, -0.1) is 0 Å². The average molecular weight is 254 g/mol. The summed E-state index contributed by atoms with van der Waals surface area (Å²) in [6.45, 7) is 14.2. The first kappa shape index (κ1) is 16.4. The third-order valence-electron chi connectivity index (χ3n) is 1.83. The number of hydrogen-bond donors (Lipinski definition) is 0. The van der Waals surface area contributed by atoms with Crippen molar-refractivity contribution in [2.45, 2.75) is 0 Å². The SMILES string of the molecule is C=C/C=C\C(=C/C=C)OC(=O)C(/C=C\C=C)=C/C=C. The second-order valence-electron chi connectivity index (χ2n) is 3.24. The Morgan fingerprint density at radius 1 is 0.789 bits per heavy atom. The summed E-state index contributed by atoms with van der Waals surface area (Å²) in [5.74, 6) is -0.110. The Morgan fingerprint density at radius 2 is 1.37 bits per heavy atom. The molecule has 0 aromatic carbocycles. The standard InChI is InChI=1S/C17H18O2/c1-5-9-13-15(11-7-3)17(18)19-16(12-8-4)14-10-6-2/h5-14H,1-4H2/b13-9-,14-10-,15-11+,16-12+. The lowest BCUT2D eigenvalue weighted by atomic mass is 10.2. The minimum atomic E-state index is -0.486. The van der Waals surface area contributed by atoms with Crippen molar-refractivity contribution >= 4 is 5.97 Å². The largest absolute Gasteiger partial charge is 0.423 e. The van der Waals surface area contributed by atoms with Crippen molar-refractivity contribution in [1.29, 1.82) is 0 Å². The summed E-state index contributed by atoms with van der Waals surface area (Å²) in [5.41, 5.74) is 0.372. The van der Waals surface area contributed by atoms with Gasteiger partial charge in [0.25, 0.3) is 0 Å². The topological polar surface area (TPSA) is 26.3 Å². The molecule has 0 bridgehead atoms. The molecule has 0 rings (SSSR count). The first-order valence-electron chi connectivity index (χ1n) is 5.65. The lowest BCUT2D eigenvalue weighted by Crippen LogP contribution is -2.05. The summed E-state index contributed by atoms with van der Waals surface area (Å²) in [6, 6.07) is 0. The van der Waals surface area contributed by atoms with Gasteiger partial charge in [-0.05, 0) is 24.3 Å². The molecular formula is C17H18O2. The molecule has 0 atom stereocenters. The smallest absolute Gasteiger partial charge is 0.343 e. The Hall–Kier alpha value is -2.61. The zero-order valence-corrected chi connectivity index (χ0v) is 10.9. The number of rotatable bonds is 8. The van der Waals surface area contributed by atoms with E-state index in [2.05, 4.69) is 26.3 Å². The molecule has 0 aliphatic heterocycles. The van der Waals surface area contributed by atoms with E-state index in [0.717, 1.165) is 0 Å². The molecule has 0 N–H and O–H groups in total. The zero-order chi connectivity index (χ0) is 14.5. The predicted molar refractivity (Wildman–Crippen MR) is 81.3 cm³/mol. The quantitative estimate of drug-likeness (QED) is 0.281. The van der Waals surface area contributed by atoms with Gasteiger partial charge in [-0.2, -0.15) is 0 Å². The first-order valence-corrected chi connectivity index (χ1v) is 5.65. The number of allylic oxidation sites excluding steroid dienone is 9. The van der Waals surface area contributed by atoms with Crippen LogP contribution in [0.15, 0.2) is 98.4 Å². The van der Waals surface area contributed by atoms with Crippen molar-refractivity contribution in [3.05, 3.63) is 98.4 Å². The van der Waals surface area contributed by atoms with Crippen LogP contribution >= 0.6 is 0 Å². The van der Waals surface area contributed by atoms with E-state index in [1.54, 1.807) is 48.6 Å². The maximum absolute atomic E-state index is 11.9. The van der Waals surface area contributed by atoms with Crippen LogP contribution in [0.5, 0.6) is 0 Å². The number of esters is 1. The van der Waals surface area contributed by atoms with Crippen molar-refractivity contribution in [2.24, 2.45) is 0 Å². The highest BCUT2D eigenvalue weighted by Crippen LogP contribution is 2.08. The molecule has 0 amide bonds. The lowest BCUT2D eigenvalue weighted by Gasteiger charge is -2.04. The van der Waals surface area contributed by atoms with E-state index in [0.29, 0.717) is 11.3 Å². The highest BCUT2D eigenvalue weighted by molar-refractivity contribution is 5.92. The van der Waals surface area contributed by atoms with Crippen LogP contribution in [0.4, 0.5) is 0 Å². The van der Waals surface area contributed by atoms with Crippen LogP contribution in [-0.4, -0.2) is 5.97 Å². The minimum absolute atomic E-state index is 0.372. The second-order valence-corrected chi connectivity index (χ2v) is 3.24. The van der Waals surface area contributed by atoms with Crippen molar-refractivity contribution in [2.75, 3.05) is 0 Å². The monoisotopic (exact) mass is 254 g/mol. The molecule has 0 aliphatic rings. The number of carbonyl (C=O) groups is 1. The first-order chi connectivity index (χ1) is 9.19. The summed E-state index contributed by atoms with van der Waals surface area (Å²) in [6.07, 6.45) is 15.9. The summed E-state index contributed by atoms with van der Waals surface area (Å²) in [7, 11) is 0. The van der Waals surface area contributed by atoms with Crippen LogP contribution in [0.1, 0.15) is 0 Å². The van der Waals surface area contributed by atoms with Crippen LogP contribution in [0.25, 0.3) is 0 Å². The molecule has 0 saturated heterocycles. The molecule has 0 unspecified atom stereocenters. The van der Waals surface area contributed by atoms with Crippen molar-refractivity contribution in [3.63, 3.8) is 0 Å². The Labute approximate surface area is 114 Å². The van der Waals surface area contributed by atoms with Gasteiger partial charge in [0, 0.05) is 0 Å². The number of ether oxygens (including phenoxy) is 1. The molecule has 0 fully saturated rings. The normalized spacial score (nSPS) is 12.4. The fraction of sp³-hybridized carbons (Fsp3) is 0. The van der Waals surface area contributed by atoms with Gasteiger partial charge >= 0.3 is 5.97 Å². The Morgan fingerprint density at radius 3 is 1.89 bits per heavy atom. The van der Waals surface area contributed by atoms with Gasteiger partial charge in [0.2, 0.25) is 0 Å². The number of carbonyl (C=O) groups excluding carboxylic acids is 1. The second kappa shape index (κ2) is 10.5. The number of hydrogen-bond acceptors (Lipinski definition) is 2. The summed E-state index contributed by atoms with van der Waals surface area (Å²) >= 11 is 0. The van der Waals surface area contributed by atoms with Gasteiger partial charge in [-0.3, -0.25) is 0 Å². The zero-order valence-electron chi connectivity index (χ0n) is 10.9. The summed E-state index contributed by atoms with van der Waals surface area (Å²) in [5, 5.41) is 0. The molecule has 0 aromatic rings. The predicted octanol–water partition coefficient (Wildman–Crippen LogP) is 4.20. The van der Waals surface area contributed by atoms with E-state index in [1.807, 2.05) is 0 Å². The lowest BCUT2D eigenvalue weighted by molar-refractivity contribution is -0.134. The molecule has 0 spiro atoms. The molecule has 0 saturated carbocycles. The van der Waals surface area contributed by atoms with Crippen LogP contribution in [-0.2, 0) is 9.53 Å². The van der Waals surface area contributed by atoms with Gasteiger partial charge in [0.1, 0.15) is 5.76 Å². The molecule has 2 nitrogen and oxygen atoms in total. The third kappa shape index (κ3) is 7.34. The highest BCUT2D eigenvalue weighted by Gasteiger charge is 2.08. The summed E-state index contributed by atoms with van der Waals surface area (Å²) < 4.78 is 5.22. The van der Waals surface area contributed by atoms with E-state index in [1.165, 1.54) is 12.2 Å². The molecular weight excluding hydrogens is 236 g/mol. The van der Waals surface area contributed by atoms with Crippen molar-refractivity contribution in [3.8, 4) is 0 Å². The fourth-order valence-corrected chi connectivity index (χ4v) is 1.06. The molecule has 0 radical (unpaired) electrons. The fourth-order valence-electron chi connectivity index (χ4n) is 1.06. The Bertz CT molecular complexity index is 471. The molecule has 2 heteroatoms. The van der Waals surface area contributed by atoms with Crippen LogP contribution < -0.4 is 0 Å². The van der Waals surface area contributed by atoms with Gasteiger partial charge in [0.05, 0.1) is 5.57 Å². The van der Waals surface area contributed by atoms with E-state index >= 15 is 0 Å². The van der Waals surface area contributed by atoms with Crippen molar-refractivity contribution < 1.29 is 9.53 Å². The Balaban J connectivity index is 5.05. The summed E-state index contributed by atoms with van der Waals surface area (Å²) in [4.78, 5) is 11.9. The van der Waals surface area contributed by atoms with Crippen LogP contribution in [0, 0.1) is 0 Å². The van der Waals surface area contributed by atoms with E-state index < -0.39 is 5.97 Å². The highest BCUT2D eigenvalue weighted by atomic mass is 16.5. The van der Waals surface area contributed by atoms with E-state index in [9.17, 15) is 4.79 Å². The molecule has 0 aliphatic carbocycles. The third-order valence-corrected chi connectivity index (χ3v) is 1.83. The average Bonchev–Trinajstić information content (AvgIpc) is 2.40. The molecule has 98 valence electrons. The molecule has 0 aromatic heterocycles.